The van der Waals surface area contributed by atoms with E-state index in [0.717, 1.165) is 6.07 Å². The predicted octanol–water partition coefficient (Wildman–Crippen LogP) is 2.81. The average molecular weight is 287 g/mol. The largest absolute Gasteiger partial charge is 0.378 e. The summed E-state index contributed by atoms with van der Waals surface area (Å²) in [7, 11) is 0. The first-order valence-electron chi connectivity index (χ1n) is 6.30. The number of rotatable bonds is 3. The molecule has 0 unspecified atom stereocenters. The van der Waals surface area contributed by atoms with Crippen molar-refractivity contribution in [2.45, 2.75) is 6.54 Å². The van der Waals surface area contributed by atoms with Crippen LogP contribution >= 0.6 is 0 Å². The zero-order chi connectivity index (χ0) is 14.8. The van der Waals surface area contributed by atoms with Crippen LogP contribution in [0.25, 0.3) is 10.9 Å². The molecule has 0 bridgehead atoms. The monoisotopic (exact) mass is 287 g/mol. The Morgan fingerprint density at radius 2 is 1.81 bits per heavy atom. The minimum Gasteiger partial charge on any atom is -0.378 e. The third kappa shape index (κ3) is 2.89. The van der Waals surface area contributed by atoms with Gasteiger partial charge in [0.15, 0.2) is 0 Å². The lowest BCUT2D eigenvalue weighted by atomic mass is 10.2. The van der Waals surface area contributed by atoms with E-state index in [1.165, 1.54) is 12.1 Å². The number of para-hydroxylation sites is 1. The van der Waals surface area contributed by atoms with E-state index >= 15 is 0 Å². The number of aromatic amines is 1. The van der Waals surface area contributed by atoms with Crippen LogP contribution in [0.5, 0.6) is 0 Å². The number of aromatic nitrogens is 2. The van der Waals surface area contributed by atoms with E-state index in [0.29, 0.717) is 16.7 Å². The quantitative estimate of drug-likeness (QED) is 0.778. The summed E-state index contributed by atoms with van der Waals surface area (Å²) in [6.45, 7) is 0.156. The standard InChI is InChI=1S/C15H11F2N3O/c16-9-5-10(17)7-11(6-9)18-8-14-19-13-4-2-1-3-12(13)15(21)20-14/h1-7,18H,8H2,(H,19,20,21). The fourth-order valence-electron chi connectivity index (χ4n) is 2.06. The molecule has 106 valence electrons. The van der Waals surface area contributed by atoms with Crippen molar-refractivity contribution < 1.29 is 8.78 Å². The van der Waals surface area contributed by atoms with Gasteiger partial charge in [-0.25, -0.2) is 13.8 Å². The van der Waals surface area contributed by atoms with E-state index in [-0.39, 0.29) is 17.8 Å². The van der Waals surface area contributed by atoms with Crippen LogP contribution in [0.15, 0.2) is 47.3 Å². The molecule has 3 rings (SSSR count). The molecule has 2 aromatic carbocycles. The van der Waals surface area contributed by atoms with Crippen molar-refractivity contribution in [3.63, 3.8) is 0 Å². The topological polar surface area (TPSA) is 57.8 Å². The minimum absolute atomic E-state index is 0.156. The van der Waals surface area contributed by atoms with E-state index < -0.39 is 11.6 Å². The molecule has 0 radical (unpaired) electrons. The van der Waals surface area contributed by atoms with Gasteiger partial charge >= 0.3 is 0 Å². The van der Waals surface area contributed by atoms with Crippen LogP contribution in [0.2, 0.25) is 0 Å². The second-order valence-corrected chi connectivity index (χ2v) is 4.54. The summed E-state index contributed by atoms with van der Waals surface area (Å²) in [4.78, 5) is 18.8. The summed E-state index contributed by atoms with van der Waals surface area (Å²) in [5, 5.41) is 3.32. The Kier molecular flexibility index (Phi) is 3.35. The first-order valence-corrected chi connectivity index (χ1v) is 6.30. The predicted molar refractivity (Wildman–Crippen MR) is 76.0 cm³/mol. The molecule has 0 fully saturated rings. The molecule has 1 aromatic heterocycles. The van der Waals surface area contributed by atoms with E-state index in [1.807, 2.05) is 0 Å². The number of nitrogens with zero attached hydrogens (tertiary/aromatic N) is 1. The van der Waals surface area contributed by atoms with Crippen molar-refractivity contribution in [3.8, 4) is 0 Å². The van der Waals surface area contributed by atoms with Gasteiger partial charge in [0.2, 0.25) is 0 Å². The molecule has 0 saturated heterocycles. The zero-order valence-corrected chi connectivity index (χ0v) is 10.9. The Balaban J connectivity index is 1.86. The normalized spacial score (nSPS) is 10.8. The molecule has 0 aliphatic heterocycles. The van der Waals surface area contributed by atoms with Gasteiger partial charge in [0.05, 0.1) is 17.4 Å². The number of halogens is 2. The maximum absolute atomic E-state index is 13.1. The molecule has 4 nitrogen and oxygen atoms in total. The highest BCUT2D eigenvalue weighted by Crippen LogP contribution is 2.13. The number of fused-ring (bicyclic) bond motifs is 1. The molecule has 0 atom stereocenters. The maximum Gasteiger partial charge on any atom is 0.258 e. The van der Waals surface area contributed by atoms with E-state index in [9.17, 15) is 13.6 Å². The van der Waals surface area contributed by atoms with E-state index in [4.69, 9.17) is 0 Å². The molecule has 0 spiro atoms. The van der Waals surface area contributed by atoms with Crippen LogP contribution < -0.4 is 10.9 Å². The molecule has 1 heterocycles. The zero-order valence-electron chi connectivity index (χ0n) is 10.9. The van der Waals surface area contributed by atoms with E-state index in [2.05, 4.69) is 15.3 Å². The summed E-state index contributed by atoms with van der Waals surface area (Å²) in [5.74, 6) is -0.946. The summed E-state index contributed by atoms with van der Waals surface area (Å²) in [6.07, 6.45) is 0. The Labute approximate surface area is 118 Å². The van der Waals surface area contributed by atoms with Gasteiger partial charge in [-0.05, 0) is 24.3 Å². The first kappa shape index (κ1) is 13.2. The second-order valence-electron chi connectivity index (χ2n) is 4.54. The molecule has 0 amide bonds. The van der Waals surface area contributed by atoms with Crippen LogP contribution in [0.1, 0.15) is 5.82 Å². The summed E-state index contributed by atoms with van der Waals surface area (Å²) in [5.41, 5.74) is 0.606. The highest BCUT2D eigenvalue weighted by molar-refractivity contribution is 5.77. The Morgan fingerprint density at radius 3 is 2.57 bits per heavy atom. The van der Waals surface area contributed by atoms with Crippen molar-refractivity contribution in [1.29, 1.82) is 0 Å². The summed E-state index contributed by atoms with van der Waals surface area (Å²) in [6, 6.07) is 10.1. The molecule has 6 heteroatoms. The Hall–Kier alpha value is -2.76. The van der Waals surface area contributed by atoms with Crippen molar-refractivity contribution in [2.75, 3.05) is 5.32 Å². The van der Waals surface area contributed by atoms with Crippen LogP contribution in [0.3, 0.4) is 0 Å². The lowest BCUT2D eigenvalue weighted by molar-refractivity contribution is 0.584. The Bertz CT molecular complexity index is 841. The van der Waals surface area contributed by atoms with Crippen molar-refractivity contribution in [2.24, 2.45) is 0 Å². The first-order chi connectivity index (χ1) is 10.1. The minimum atomic E-state index is -0.669. The number of hydrogen-bond acceptors (Lipinski definition) is 3. The SMILES string of the molecule is O=c1[nH]c(CNc2cc(F)cc(F)c2)nc2ccccc12. The third-order valence-electron chi connectivity index (χ3n) is 2.98. The second kappa shape index (κ2) is 5.32. The van der Waals surface area contributed by atoms with Gasteiger partial charge in [0.1, 0.15) is 17.5 Å². The number of anilines is 1. The molecule has 3 aromatic rings. The number of nitrogens with one attached hydrogen (secondary N) is 2. The van der Waals surface area contributed by atoms with Gasteiger partial charge in [-0.3, -0.25) is 4.79 Å². The number of benzene rings is 2. The van der Waals surface area contributed by atoms with Crippen molar-refractivity contribution in [1.82, 2.24) is 9.97 Å². The average Bonchev–Trinajstić information content (AvgIpc) is 2.44. The molecule has 0 saturated carbocycles. The van der Waals surface area contributed by atoms with Crippen LogP contribution in [-0.4, -0.2) is 9.97 Å². The number of hydrogen-bond donors (Lipinski definition) is 2. The van der Waals surface area contributed by atoms with Gasteiger partial charge in [0, 0.05) is 11.8 Å². The maximum atomic E-state index is 13.1. The van der Waals surface area contributed by atoms with Crippen molar-refractivity contribution in [3.05, 3.63) is 70.3 Å². The van der Waals surface area contributed by atoms with E-state index in [1.54, 1.807) is 24.3 Å². The molecular weight excluding hydrogens is 276 g/mol. The van der Waals surface area contributed by atoms with Gasteiger partial charge in [-0.1, -0.05) is 12.1 Å². The molecule has 0 aliphatic carbocycles. The fourth-order valence-corrected chi connectivity index (χ4v) is 2.06. The fraction of sp³-hybridized carbons (Fsp3) is 0.0667. The summed E-state index contributed by atoms with van der Waals surface area (Å²) >= 11 is 0. The summed E-state index contributed by atoms with van der Waals surface area (Å²) < 4.78 is 26.1. The number of H-pyrrole nitrogens is 1. The van der Waals surface area contributed by atoms with Crippen LogP contribution in [-0.2, 0) is 6.54 Å². The van der Waals surface area contributed by atoms with Gasteiger partial charge in [-0.2, -0.15) is 0 Å². The van der Waals surface area contributed by atoms with Crippen molar-refractivity contribution >= 4 is 16.6 Å². The van der Waals surface area contributed by atoms with Gasteiger partial charge in [-0.15, -0.1) is 0 Å². The highest BCUT2D eigenvalue weighted by Gasteiger charge is 2.04. The molecular formula is C15H11F2N3O. The van der Waals surface area contributed by atoms with Gasteiger partial charge < -0.3 is 10.3 Å². The van der Waals surface area contributed by atoms with Crippen LogP contribution in [0.4, 0.5) is 14.5 Å². The lowest BCUT2D eigenvalue weighted by Gasteiger charge is -2.07. The smallest absolute Gasteiger partial charge is 0.258 e. The molecule has 2 N–H and O–H groups in total. The molecule has 21 heavy (non-hydrogen) atoms. The highest BCUT2D eigenvalue weighted by atomic mass is 19.1. The lowest BCUT2D eigenvalue weighted by Crippen LogP contribution is -2.14. The Morgan fingerprint density at radius 1 is 1.10 bits per heavy atom. The van der Waals surface area contributed by atoms with Gasteiger partial charge in [0.25, 0.3) is 5.56 Å². The van der Waals surface area contributed by atoms with Crippen LogP contribution in [0, 0.1) is 11.6 Å². The molecule has 0 aliphatic rings. The third-order valence-corrected chi connectivity index (χ3v) is 2.98.